The highest BCUT2D eigenvalue weighted by Crippen LogP contribution is 2.46. The zero-order valence-corrected chi connectivity index (χ0v) is 24.1. The first kappa shape index (κ1) is 31.0. The van der Waals surface area contributed by atoms with Gasteiger partial charge in [-0.1, -0.05) is 127 Å². The quantitative estimate of drug-likeness (QED) is 0.171. The molecule has 1 aliphatic rings. The lowest BCUT2D eigenvalue weighted by molar-refractivity contribution is 0.248. The number of hydrogen-bond acceptors (Lipinski definition) is 1. The van der Waals surface area contributed by atoms with Gasteiger partial charge in [-0.3, -0.25) is 0 Å². The fourth-order valence-electron chi connectivity index (χ4n) is 5.35. The van der Waals surface area contributed by atoms with Crippen LogP contribution in [0.3, 0.4) is 0 Å². The van der Waals surface area contributed by atoms with E-state index >= 15 is 8.78 Å². The molecule has 0 radical (unpaired) electrons. The maximum atomic E-state index is 16.6. The van der Waals surface area contributed by atoms with E-state index in [9.17, 15) is 4.39 Å². The van der Waals surface area contributed by atoms with Crippen molar-refractivity contribution in [1.29, 1.82) is 0 Å². The Morgan fingerprint density at radius 2 is 1.33 bits per heavy atom. The summed E-state index contributed by atoms with van der Waals surface area (Å²) in [5.74, 6) is -2.24. The molecule has 2 aromatic carbocycles. The SMILES string of the molecule is CCCCCCCCCCCc1ccc(C2(F)CC=CC=C2c2ccc(OCCCCCC)c(F)c2F)cc1. The average Bonchev–Trinajstić information content (AvgIpc) is 2.95. The molecule has 2 aromatic rings. The molecule has 0 spiro atoms. The molecule has 39 heavy (non-hydrogen) atoms. The second kappa shape index (κ2) is 16.6. The van der Waals surface area contributed by atoms with Crippen molar-refractivity contribution in [3.8, 4) is 5.75 Å². The monoisotopic (exact) mass is 540 g/mol. The van der Waals surface area contributed by atoms with Crippen LogP contribution in [-0.4, -0.2) is 6.61 Å². The maximum Gasteiger partial charge on any atom is 0.201 e. The zero-order valence-electron chi connectivity index (χ0n) is 24.1. The van der Waals surface area contributed by atoms with Gasteiger partial charge in [0.15, 0.2) is 17.2 Å². The van der Waals surface area contributed by atoms with Crippen molar-refractivity contribution >= 4 is 5.57 Å². The summed E-state index contributed by atoms with van der Waals surface area (Å²) in [6, 6.07) is 10.4. The van der Waals surface area contributed by atoms with Crippen molar-refractivity contribution in [1.82, 2.24) is 0 Å². The molecule has 0 N–H and O–H groups in total. The number of hydrogen-bond donors (Lipinski definition) is 0. The lowest BCUT2D eigenvalue weighted by Crippen LogP contribution is -2.24. The minimum Gasteiger partial charge on any atom is -0.490 e. The van der Waals surface area contributed by atoms with E-state index in [1.165, 1.54) is 69.1 Å². The Bertz CT molecular complexity index is 1060. The summed E-state index contributed by atoms with van der Waals surface area (Å²) < 4.78 is 52.2. The van der Waals surface area contributed by atoms with Crippen molar-refractivity contribution in [2.45, 2.75) is 116 Å². The first-order valence-corrected chi connectivity index (χ1v) is 15.3. The third-order valence-electron chi connectivity index (χ3n) is 7.80. The molecule has 214 valence electrons. The van der Waals surface area contributed by atoms with E-state index in [0.717, 1.165) is 38.5 Å². The molecule has 3 rings (SSSR count). The van der Waals surface area contributed by atoms with Crippen molar-refractivity contribution in [3.63, 3.8) is 0 Å². The van der Waals surface area contributed by atoms with Gasteiger partial charge in [0.2, 0.25) is 5.82 Å². The Kier molecular flexibility index (Phi) is 13.2. The van der Waals surface area contributed by atoms with Crippen molar-refractivity contribution in [2.24, 2.45) is 0 Å². The number of benzene rings is 2. The molecule has 0 amide bonds. The number of alkyl halides is 1. The van der Waals surface area contributed by atoms with Crippen molar-refractivity contribution in [3.05, 3.63) is 83.0 Å². The minimum atomic E-state index is -1.93. The van der Waals surface area contributed by atoms with Crippen LogP contribution >= 0.6 is 0 Å². The lowest BCUT2D eigenvalue weighted by Gasteiger charge is -2.30. The van der Waals surface area contributed by atoms with E-state index in [1.54, 1.807) is 30.4 Å². The predicted octanol–water partition coefficient (Wildman–Crippen LogP) is 11.2. The second-order valence-corrected chi connectivity index (χ2v) is 10.9. The number of unbranched alkanes of at least 4 members (excludes halogenated alkanes) is 11. The Morgan fingerprint density at radius 3 is 2.00 bits per heavy atom. The molecular formula is C35H47F3O. The van der Waals surface area contributed by atoms with Crippen LogP contribution in [0.2, 0.25) is 0 Å². The first-order valence-electron chi connectivity index (χ1n) is 15.3. The Labute approximate surface area is 234 Å². The molecular weight excluding hydrogens is 493 g/mol. The number of halogens is 3. The highest BCUT2D eigenvalue weighted by Gasteiger charge is 2.39. The normalized spacial score (nSPS) is 16.9. The van der Waals surface area contributed by atoms with Gasteiger partial charge in [0, 0.05) is 17.6 Å². The highest BCUT2D eigenvalue weighted by molar-refractivity contribution is 5.77. The molecule has 0 heterocycles. The van der Waals surface area contributed by atoms with E-state index < -0.39 is 17.3 Å². The third-order valence-corrected chi connectivity index (χ3v) is 7.80. The summed E-state index contributed by atoms with van der Waals surface area (Å²) in [6.45, 7) is 4.69. The molecule has 0 bridgehead atoms. The van der Waals surface area contributed by atoms with Gasteiger partial charge < -0.3 is 4.74 Å². The number of allylic oxidation sites excluding steroid dienone is 4. The molecule has 0 aliphatic heterocycles. The topological polar surface area (TPSA) is 9.23 Å². The summed E-state index contributed by atoms with van der Waals surface area (Å²) in [7, 11) is 0. The maximum absolute atomic E-state index is 16.6. The lowest BCUT2D eigenvalue weighted by atomic mass is 9.78. The van der Waals surface area contributed by atoms with Crippen LogP contribution in [0.1, 0.15) is 120 Å². The third kappa shape index (κ3) is 9.01. The molecule has 1 nitrogen and oxygen atoms in total. The van der Waals surface area contributed by atoms with Gasteiger partial charge in [-0.05, 0) is 42.5 Å². The van der Waals surface area contributed by atoms with Crippen LogP contribution in [0.4, 0.5) is 13.2 Å². The van der Waals surface area contributed by atoms with E-state index in [1.807, 2.05) is 12.1 Å². The number of rotatable bonds is 18. The van der Waals surface area contributed by atoms with Gasteiger partial charge in [0.25, 0.3) is 0 Å². The van der Waals surface area contributed by atoms with Gasteiger partial charge in [-0.15, -0.1) is 0 Å². The molecule has 0 fully saturated rings. The summed E-state index contributed by atoms with van der Waals surface area (Å²) in [5.41, 5.74) is -0.204. The predicted molar refractivity (Wildman–Crippen MR) is 158 cm³/mol. The van der Waals surface area contributed by atoms with Gasteiger partial charge in [0.05, 0.1) is 6.61 Å². The van der Waals surface area contributed by atoms with Gasteiger partial charge >= 0.3 is 0 Å². The van der Waals surface area contributed by atoms with Crippen LogP contribution in [0.15, 0.2) is 54.6 Å². The minimum absolute atomic E-state index is 0.0588. The van der Waals surface area contributed by atoms with Gasteiger partial charge in [-0.2, -0.15) is 4.39 Å². The highest BCUT2D eigenvalue weighted by atomic mass is 19.2. The van der Waals surface area contributed by atoms with E-state index in [2.05, 4.69) is 13.8 Å². The van der Waals surface area contributed by atoms with E-state index in [4.69, 9.17) is 4.74 Å². The molecule has 1 aliphatic carbocycles. The number of ether oxygens (including phenoxy) is 1. The molecule has 0 saturated carbocycles. The second-order valence-electron chi connectivity index (χ2n) is 10.9. The summed E-state index contributed by atoms with van der Waals surface area (Å²) in [6.07, 6.45) is 21.6. The van der Waals surface area contributed by atoms with Crippen molar-refractivity contribution < 1.29 is 17.9 Å². The molecule has 1 unspecified atom stereocenters. The molecule has 4 heteroatoms. The van der Waals surface area contributed by atoms with Crippen LogP contribution in [0, 0.1) is 11.6 Å². The fourth-order valence-corrected chi connectivity index (χ4v) is 5.35. The van der Waals surface area contributed by atoms with Crippen LogP contribution < -0.4 is 4.74 Å². The zero-order chi connectivity index (χ0) is 27.9. The fraction of sp³-hybridized carbons (Fsp3) is 0.543. The number of aryl methyl sites for hydroxylation is 1. The first-order chi connectivity index (χ1) is 19.0. The Hall–Kier alpha value is -2.49. The van der Waals surface area contributed by atoms with Gasteiger partial charge in [-0.25, -0.2) is 8.78 Å². The molecule has 0 saturated heterocycles. The summed E-state index contributed by atoms with van der Waals surface area (Å²) in [4.78, 5) is 0. The van der Waals surface area contributed by atoms with Crippen molar-refractivity contribution in [2.75, 3.05) is 6.61 Å². The van der Waals surface area contributed by atoms with Crippen LogP contribution in [0.25, 0.3) is 5.57 Å². The smallest absolute Gasteiger partial charge is 0.201 e. The summed E-state index contributed by atoms with van der Waals surface area (Å²) in [5, 5.41) is 0. The molecule has 1 atom stereocenters. The van der Waals surface area contributed by atoms with E-state index in [-0.39, 0.29) is 23.3 Å². The molecule has 0 aromatic heterocycles. The van der Waals surface area contributed by atoms with Crippen LogP contribution in [-0.2, 0) is 12.1 Å². The Balaban J connectivity index is 1.60. The Morgan fingerprint density at radius 1 is 0.718 bits per heavy atom. The summed E-state index contributed by atoms with van der Waals surface area (Å²) >= 11 is 0. The largest absolute Gasteiger partial charge is 0.490 e. The van der Waals surface area contributed by atoms with Gasteiger partial charge in [0.1, 0.15) is 0 Å². The van der Waals surface area contributed by atoms with Crippen LogP contribution in [0.5, 0.6) is 5.75 Å². The standard InChI is InChI=1S/C35H47F3O/c1-3-5-7-9-10-11-12-13-14-18-28-20-22-29(23-21-28)35(38)26-16-15-19-31(35)30-24-25-32(34(37)33(30)36)39-27-17-8-6-4-2/h15-16,19-25H,3-14,17-18,26-27H2,1-2H3. The van der Waals surface area contributed by atoms with E-state index in [0.29, 0.717) is 12.2 Å². The average molecular weight is 541 g/mol.